The monoisotopic (exact) mass is 415 g/mol. The SMILES string of the molecule is COc1cccc(-c2nc(-c3ccccc3)c(-c3cc([N+](=O)[O-])ccc3C)[nH]2)c1OC. The van der Waals surface area contributed by atoms with Gasteiger partial charge in [0.05, 0.1) is 36.1 Å². The number of H-pyrrole nitrogens is 1. The summed E-state index contributed by atoms with van der Waals surface area (Å²) in [6, 6.07) is 20.1. The van der Waals surface area contributed by atoms with E-state index in [0.717, 1.165) is 16.7 Å². The van der Waals surface area contributed by atoms with Crippen LogP contribution in [0.5, 0.6) is 11.5 Å². The fraction of sp³-hybridized carbons (Fsp3) is 0.125. The number of aryl methyl sites for hydroxylation is 1. The molecule has 0 saturated carbocycles. The van der Waals surface area contributed by atoms with Crippen LogP contribution in [-0.4, -0.2) is 29.1 Å². The topological polar surface area (TPSA) is 90.3 Å². The second-order valence-corrected chi connectivity index (χ2v) is 6.97. The first kappa shape index (κ1) is 20.2. The average Bonchev–Trinajstić information content (AvgIpc) is 3.24. The highest BCUT2D eigenvalue weighted by molar-refractivity contribution is 5.84. The Labute approximate surface area is 179 Å². The van der Waals surface area contributed by atoms with Crippen LogP contribution < -0.4 is 9.47 Å². The van der Waals surface area contributed by atoms with Crippen molar-refractivity contribution in [2.75, 3.05) is 14.2 Å². The van der Waals surface area contributed by atoms with Gasteiger partial charge in [0.15, 0.2) is 11.5 Å². The van der Waals surface area contributed by atoms with Gasteiger partial charge in [-0.05, 0) is 24.6 Å². The van der Waals surface area contributed by atoms with Crippen molar-refractivity contribution in [2.45, 2.75) is 6.92 Å². The highest BCUT2D eigenvalue weighted by atomic mass is 16.6. The van der Waals surface area contributed by atoms with Gasteiger partial charge >= 0.3 is 0 Å². The van der Waals surface area contributed by atoms with Crippen molar-refractivity contribution >= 4 is 5.69 Å². The molecule has 3 aromatic carbocycles. The van der Waals surface area contributed by atoms with Crippen LogP contribution in [0.15, 0.2) is 66.7 Å². The highest BCUT2D eigenvalue weighted by Gasteiger charge is 2.21. The summed E-state index contributed by atoms with van der Waals surface area (Å²) in [5.41, 5.74) is 4.66. The zero-order valence-corrected chi connectivity index (χ0v) is 17.4. The van der Waals surface area contributed by atoms with Gasteiger partial charge in [-0.1, -0.05) is 42.5 Å². The predicted octanol–water partition coefficient (Wildman–Crippen LogP) is 5.64. The molecule has 0 spiro atoms. The van der Waals surface area contributed by atoms with Crippen LogP contribution in [0, 0.1) is 17.0 Å². The van der Waals surface area contributed by atoms with Crippen LogP contribution in [-0.2, 0) is 0 Å². The zero-order valence-electron chi connectivity index (χ0n) is 17.4. The average molecular weight is 415 g/mol. The van der Waals surface area contributed by atoms with E-state index in [1.165, 1.54) is 6.07 Å². The maximum atomic E-state index is 11.4. The smallest absolute Gasteiger partial charge is 0.270 e. The molecule has 0 radical (unpaired) electrons. The third-order valence-corrected chi connectivity index (χ3v) is 5.11. The Kier molecular flexibility index (Phi) is 5.41. The predicted molar refractivity (Wildman–Crippen MR) is 119 cm³/mol. The number of rotatable bonds is 6. The molecule has 0 aliphatic rings. The summed E-state index contributed by atoms with van der Waals surface area (Å²) in [7, 11) is 3.16. The summed E-state index contributed by atoms with van der Waals surface area (Å²) in [6.45, 7) is 1.92. The molecule has 7 nitrogen and oxygen atoms in total. The van der Waals surface area contributed by atoms with Crippen molar-refractivity contribution in [1.29, 1.82) is 0 Å². The third kappa shape index (κ3) is 3.73. The first-order valence-electron chi connectivity index (χ1n) is 9.65. The van der Waals surface area contributed by atoms with E-state index in [9.17, 15) is 10.1 Å². The molecule has 4 rings (SSSR count). The fourth-order valence-corrected chi connectivity index (χ4v) is 3.57. The van der Waals surface area contributed by atoms with Gasteiger partial charge in [0.25, 0.3) is 5.69 Å². The molecular formula is C24H21N3O4. The second kappa shape index (κ2) is 8.31. The Morgan fingerprint density at radius 2 is 1.71 bits per heavy atom. The number of benzene rings is 3. The van der Waals surface area contributed by atoms with Gasteiger partial charge in [0, 0.05) is 23.3 Å². The van der Waals surface area contributed by atoms with Crippen molar-refractivity contribution in [1.82, 2.24) is 9.97 Å². The van der Waals surface area contributed by atoms with Crippen LogP contribution in [0.1, 0.15) is 5.56 Å². The molecular weight excluding hydrogens is 394 g/mol. The molecule has 0 bridgehead atoms. The molecule has 0 unspecified atom stereocenters. The lowest BCUT2D eigenvalue weighted by atomic mass is 10.0. The first-order chi connectivity index (χ1) is 15.0. The first-order valence-corrected chi connectivity index (χ1v) is 9.65. The summed E-state index contributed by atoms with van der Waals surface area (Å²) in [5.74, 6) is 1.72. The number of hydrogen-bond donors (Lipinski definition) is 1. The molecule has 31 heavy (non-hydrogen) atoms. The number of nitro groups is 1. The van der Waals surface area contributed by atoms with Gasteiger partial charge in [-0.15, -0.1) is 0 Å². The Bertz CT molecular complexity index is 1250. The van der Waals surface area contributed by atoms with Crippen molar-refractivity contribution in [2.24, 2.45) is 0 Å². The van der Waals surface area contributed by atoms with Gasteiger partial charge in [0.1, 0.15) is 5.82 Å². The number of para-hydroxylation sites is 1. The molecule has 4 aromatic rings. The molecule has 0 saturated heterocycles. The van der Waals surface area contributed by atoms with Crippen LogP contribution in [0.25, 0.3) is 33.9 Å². The minimum Gasteiger partial charge on any atom is -0.493 e. The summed E-state index contributed by atoms with van der Waals surface area (Å²) >= 11 is 0. The van der Waals surface area contributed by atoms with Gasteiger partial charge in [-0.25, -0.2) is 4.98 Å². The van der Waals surface area contributed by atoms with Gasteiger partial charge < -0.3 is 14.5 Å². The number of nitro benzene ring substituents is 1. The third-order valence-electron chi connectivity index (χ3n) is 5.11. The largest absolute Gasteiger partial charge is 0.493 e. The van der Waals surface area contributed by atoms with Crippen LogP contribution in [0.4, 0.5) is 5.69 Å². The summed E-state index contributed by atoms with van der Waals surface area (Å²) in [6.07, 6.45) is 0. The van der Waals surface area contributed by atoms with E-state index in [1.54, 1.807) is 26.4 Å². The molecule has 0 aliphatic heterocycles. The van der Waals surface area contributed by atoms with E-state index in [4.69, 9.17) is 14.5 Å². The lowest BCUT2D eigenvalue weighted by Gasteiger charge is -2.10. The molecule has 0 aliphatic carbocycles. The lowest BCUT2D eigenvalue weighted by molar-refractivity contribution is -0.384. The molecule has 7 heteroatoms. The number of methoxy groups -OCH3 is 2. The molecule has 0 atom stereocenters. The molecule has 1 aromatic heterocycles. The molecule has 156 valence electrons. The highest BCUT2D eigenvalue weighted by Crippen LogP contribution is 2.40. The number of nitrogens with zero attached hydrogens (tertiary/aromatic N) is 2. The Hall–Kier alpha value is -4.13. The van der Waals surface area contributed by atoms with E-state index in [1.807, 2.05) is 55.5 Å². The van der Waals surface area contributed by atoms with Crippen molar-refractivity contribution in [3.05, 3.63) is 82.4 Å². The van der Waals surface area contributed by atoms with E-state index in [-0.39, 0.29) is 5.69 Å². The summed E-state index contributed by atoms with van der Waals surface area (Å²) < 4.78 is 11.0. The summed E-state index contributed by atoms with van der Waals surface area (Å²) in [4.78, 5) is 19.2. The number of nitrogens with one attached hydrogen (secondary N) is 1. The maximum Gasteiger partial charge on any atom is 0.270 e. The number of aromatic nitrogens is 2. The molecule has 0 fully saturated rings. The number of imidazole rings is 1. The molecule has 0 amide bonds. The standard InChI is InChI=1S/C24H21N3O4/c1-15-12-13-17(27(28)29)14-19(15)22-21(16-8-5-4-6-9-16)25-24(26-22)18-10-7-11-20(30-2)23(18)31-3/h4-14H,1-3H3,(H,25,26). The maximum absolute atomic E-state index is 11.4. The number of aromatic amines is 1. The van der Waals surface area contributed by atoms with Crippen molar-refractivity contribution in [3.63, 3.8) is 0 Å². The molecule has 1 heterocycles. The quantitative estimate of drug-likeness (QED) is 0.325. The lowest BCUT2D eigenvalue weighted by Crippen LogP contribution is -1.94. The minimum absolute atomic E-state index is 0.0229. The van der Waals surface area contributed by atoms with Crippen molar-refractivity contribution in [3.8, 4) is 45.4 Å². The van der Waals surface area contributed by atoms with Gasteiger partial charge in [0.2, 0.25) is 0 Å². The number of ether oxygens (including phenoxy) is 2. The van der Waals surface area contributed by atoms with E-state index >= 15 is 0 Å². The van der Waals surface area contributed by atoms with E-state index < -0.39 is 4.92 Å². The van der Waals surface area contributed by atoms with Gasteiger partial charge in [-0.2, -0.15) is 0 Å². The fourth-order valence-electron chi connectivity index (χ4n) is 3.57. The van der Waals surface area contributed by atoms with Gasteiger partial charge in [-0.3, -0.25) is 10.1 Å². The Morgan fingerprint density at radius 3 is 2.39 bits per heavy atom. The Morgan fingerprint density at radius 1 is 0.935 bits per heavy atom. The van der Waals surface area contributed by atoms with E-state index in [2.05, 4.69) is 4.98 Å². The number of hydrogen-bond acceptors (Lipinski definition) is 5. The number of non-ortho nitro benzene ring substituents is 1. The van der Waals surface area contributed by atoms with Crippen LogP contribution >= 0.6 is 0 Å². The van der Waals surface area contributed by atoms with Crippen LogP contribution in [0.2, 0.25) is 0 Å². The Balaban J connectivity index is 1.98. The minimum atomic E-state index is -0.395. The molecule has 1 N–H and O–H groups in total. The van der Waals surface area contributed by atoms with E-state index in [0.29, 0.717) is 34.3 Å². The van der Waals surface area contributed by atoms with Crippen LogP contribution in [0.3, 0.4) is 0 Å². The second-order valence-electron chi connectivity index (χ2n) is 6.97. The summed E-state index contributed by atoms with van der Waals surface area (Å²) in [5, 5.41) is 11.4. The van der Waals surface area contributed by atoms with Crippen molar-refractivity contribution < 1.29 is 14.4 Å². The normalized spacial score (nSPS) is 10.7. The zero-order chi connectivity index (χ0) is 22.0.